The molecule has 2 unspecified atom stereocenters. The van der Waals surface area contributed by atoms with Crippen molar-refractivity contribution in [1.29, 1.82) is 0 Å². The van der Waals surface area contributed by atoms with Crippen LogP contribution in [0.5, 0.6) is 0 Å². The van der Waals surface area contributed by atoms with E-state index in [0.717, 1.165) is 84.0 Å². The van der Waals surface area contributed by atoms with E-state index in [0.29, 0.717) is 19.0 Å². The molecule has 2 N–H and O–H groups in total. The molecule has 2 heterocycles. The number of ether oxygens (including phenoxy) is 2. The lowest BCUT2D eigenvalue weighted by atomic mass is 9.97. The first-order valence-electron chi connectivity index (χ1n) is 14.9. The van der Waals surface area contributed by atoms with Gasteiger partial charge < -0.3 is 25.0 Å². The normalized spacial score (nSPS) is 24.3. The zero-order valence-electron chi connectivity index (χ0n) is 25.8. The molecular weight excluding hydrogens is 506 g/mol. The lowest BCUT2D eigenvalue weighted by Gasteiger charge is -2.38. The van der Waals surface area contributed by atoms with Crippen molar-refractivity contribution in [1.82, 2.24) is 19.6 Å². The molecule has 9 heteroatoms. The van der Waals surface area contributed by atoms with Crippen molar-refractivity contribution in [3.63, 3.8) is 0 Å². The fourth-order valence-electron chi connectivity index (χ4n) is 5.52. The minimum atomic E-state index is -0.497. The highest BCUT2D eigenvalue weighted by Gasteiger charge is 2.27. The van der Waals surface area contributed by atoms with Gasteiger partial charge in [0.25, 0.3) is 0 Å². The maximum absolute atomic E-state index is 12.8. The van der Waals surface area contributed by atoms with E-state index >= 15 is 0 Å². The third-order valence-electron chi connectivity index (χ3n) is 7.23. The number of nitrogens with zero attached hydrogens (tertiary/aromatic N) is 4. The van der Waals surface area contributed by atoms with Gasteiger partial charge in [0.15, 0.2) is 0 Å². The highest BCUT2D eigenvalue weighted by atomic mass is 16.6. The van der Waals surface area contributed by atoms with Gasteiger partial charge in [-0.1, -0.05) is 12.1 Å². The summed E-state index contributed by atoms with van der Waals surface area (Å²) in [4.78, 5) is 35.0. The number of rotatable bonds is 6. The van der Waals surface area contributed by atoms with Gasteiger partial charge in [0, 0.05) is 64.6 Å². The van der Waals surface area contributed by atoms with E-state index in [4.69, 9.17) is 15.2 Å². The minimum absolute atomic E-state index is 0.159. The topological polar surface area (TPSA) is 91.6 Å². The maximum Gasteiger partial charge on any atom is 0.320 e. The first kappa shape index (κ1) is 32.3. The molecule has 1 aromatic carbocycles. The number of hydrogen-bond acceptors (Lipinski definition) is 9. The number of fused-ring (bicyclic) bond motifs is 3. The van der Waals surface area contributed by atoms with E-state index in [1.54, 1.807) is 0 Å². The summed E-state index contributed by atoms with van der Waals surface area (Å²) < 4.78 is 11.3. The van der Waals surface area contributed by atoms with Gasteiger partial charge in [-0.05, 0) is 84.5 Å². The van der Waals surface area contributed by atoms with Crippen LogP contribution in [-0.4, -0.2) is 121 Å². The largest absolute Gasteiger partial charge is 0.459 e. The summed E-state index contributed by atoms with van der Waals surface area (Å²) in [7, 11) is 0. The number of benzene rings is 1. The predicted octanol–water partition coefficient (Wildman–Crippen LogP) is 2.74. The Morgan fingerprint density at radius 2 is 1.25 bits per heavy atom. The highest BCUT2D eigenvalue weighted by Crippen LogP contribution is 2.17. The SMILES string of the molecule is CC(C)(C)OC(=O)CN1CCCN2CCN(CC1)C[C@@H](Cc1ccc(N)cc1)CN(CC(=O)OC(C)(C)C)CC2. The average Bonchev–Trinajstić information content (AvgIpc) is 2.81. The minimum Gasteiger partial charge on any atom is -0.459 e. The van der Waals surface area contributed by atoms with E-state index in [2.05, 4.69) is 31.7 Å². The zero-order valence-corrected chi connectivity index (χ0v) is 25.8. The summed E-state index contributed by atoms with van der Waals surface area (Å²) >= 11 is 0. The molecule has 3 rings (SSSR count). The van der Waals surface area contributed by atoms with Crippen LogP contribution in [0.1, 0.15) is 53.5 Å². The zero-order chi connectivity index (χ0) is 29.3. The van der Waals surface area contributed by atoms with E-state index in [1.807, 2.05) is 53.7 Å². The Morgan fingerprint density at radius 3 is 1.88 bits per heavy atom. The van der Waals surface area contributed by atoms with Gasteiger partial charge in [-0.3, -0.25) is 19.4 Å². The van der Waals surface area contributed by atoms with Crippen molar-refractivity contribution < 1.29 is 19.1 Å². The van der Waals surface area contributed by atoms with Crippen LogP contribution in [0.4, 0.5) is 5.69 Å². The lowest BCUT2D eigenvalue weighted by molar-refractivity contribution is -0.157. The van der Waals surface area contributed by atoms with Gasteiger partial charge in [0.05, 0.1) is 13.1 Å². The first-order valence-corrected chi connectivity index (χ1v) is 14.9. The van der Waals surface area contributed by atoms with Crippen LogP contribution in [0.25, 0.3) is 0 Å². The van der Waals surface area contributed by atoms with Crippen LogP contribution in [0.2, 0.25) is 0 Å². The predicted molar refractivity (Wildman–Crippen MR) is 160 cm³/mol. The number of carbonyl (C=O) groups is 2. The Labute approximate surface area is 241 Å². The molecule has 9 nitrogen and oxygen atoms in total. The van der Waals surface area contributed by atoms with Crippen molar-refractivity contribution in [2.24, 2.45) is 5.92 Å². The first-order chi connectivity index (χ1) is 18.7. The molecule has 3 atom stereocenters. The Morgan fingerprint density at radius 1 is 0.725 bits per heavy atom. The molecule has 0 aliphatic carbocycles. The number of nitrogen functional groups attached to an aromatic ring is 1. The Hall–Kier alpha value is -2.20. The van der Waals surface area contributed by atoms with Crippen molar-refractivity contribution in [3.8, 4) is 0 Å². The molecule has 0 saturated carbocycles. The molecule has 0 aromatic heterocycles. The van der Waals surface area contributed by atoms with Crippen LogP contribution in [-0.2, 0) is 25.5 Å². The fraction of sp³-hybridized carbons (Fsp3) is 0.742. The summed E-state index contributed by atoms with van der Waals surface area (Å²) in [6, 6.07) is 8.15. The molecule has 0 radical (unpaired) electrons. The average molecular weight is 560 g/mol. The second-order valence-electron chi connectivity index (χ2n) is 13.5. The second-order valence-corrected chi connectivity index (χ2v) is 13.5. The number of anilines is 1. The van der Waals surface area contributed by atoms with Gasteiger partial charge in [-0.25, -0.2) is 0 Å². The van der Waals surface area contributed by atoms with Crippen LogP contribution in [0, 0.1) is 5.92 Å². The maximum atomic E-state index is 12.8. The highest BCUT2D eigenvalue weighted by molar-refractivity contribution is 5.72. The van der Waals surface area contributed by atoms with Crippen LogP contribution in [0.15, 0.2) is 24.3 Å². The molecule has 0 spiro atoms. The third kappa shape index (κ3) is 12.5. The van der Waals surface area contributed by atoms with Crippen molar-refractivity contribution >= 4 is 17.6 Å². The quantitative estimate of drug-likeness (QED) is 0.417. The molecule has 2 aliphatic rings. The Balaban J connectivity index is 1.76. The number of nitrogens with two attached hydrogens (primary N) is 1. The number of carbonyl (C=O) groups excluding carboxylic acids is 2. The summed E-state index contributed by atoms with van der Waals surface area (Å²) in [6.45, 7) is 21.1. The van der Waals surface area contributed by atoms with E-state index < -0.39 is 11.2 Å². The Kier molecular flexibility index (Phi) is 11.8. The molecule has 2 bridgehead atoms. The number of hydrogen-bond donors (Lipinski definition) is 1. The molecular formula is C31H53N5O4. The van der Waals surface area contributed by atoms with E-state index in [9.17, 15) is 9.59 Å². The smallest absolute Gasteiger partial charge is 0.320 e. The third-order valence-corrected chi connectivity index (χ3v) is 7.23. The van der Waals surface area contributed by atoms with Gasteiger partial charge in [0.1, 0.15) is 11.2 Å². The standard InChI is InChI=1S/C31H53N5O4/c1-30(2,3)39-28(37)23-34-13-7-12-33-14-16-35(18-17-34)21-26(20-25-8-10-27(32)11-9-25)22-36(19-15-33)24-29(38)40-31(4,5)6/h8-11,26H,7,12-24,32H2,1-6H3/t26-/m1/s1. The molecule has 2 aliphatic heterocycles. The lowest BCUT2D eigenvalue weighted by Crippen LogP contribution is -2.50. The molecule has 40 heavy (non-hydrogen) atoms. The molecule has 226 valence electrons. The molecule has 1 aromatic rings. The monoisotopic (exact) mass is 559 g/mol. The molecule has 0 amide bonds. The summed E-state index contributed by atoms with van der Waals surface area (Å²) in [5.41, 5.74) is 6.99. The molecule has 2 saturated heterocycles. The van der Waals surface area contributed by atoms with E-state index in [-0.39, 0.29) is 11.9 Å². The van der Waals surface area contributed by atoms with Gasteiger partial charge >= 0.3 is 11.9 Å². The Bertz CT molecular complexity index is 941. The summed E-state index contributed by atoms with van der Waals surface area (Å²) in [6.07, 6.45) is 1.90. The summed E-state index contributed by atoms with van der Waals surface area (Å²) in [5, 5.41) is 0. The summed E-state index contributed by atoms with van der Waals surface area (Å²) in [5.74, 6) is 0.00560. The van der Waals surface area contributed by atoms with Crippen molar-refractivity contribution in [3.05, 3.63) is 29.8 Å². The van der Waals surface area contributed by atoms with Crippen molar-refractivity contribution in [2.75, 3.05) is 84.3 Å². The van der Waals surface area contributed by atoms with Crippen LogP contribution < -0.4 is 5.73 Å². The van der Waals surface area contributed by atoms with Gasteiger partial charge in [0.2, 0.25) is 0 Å². The van der Waals surface area contributed by atoms with Gasteiger partial charge in [-0.2, -0.15) is 0 Å². The van der Waals surface area contributed by atoms with E-state index in [1.165, 1.54) is 5.56 Å². The molecule has 2 fully saturated rings. The van der Waals surface area contributed by atoms with Crippen LogP contribution >= 0.6 is 0 Å². The number of esters is 2. The second kappa shape index (κ2) is 14.6. The van der Waals surface area contributed by atoms with Gasteiger partial charge in [-0.15, -0.1) is 0 Å². The van der Waals surface area contributed by atoms with Crippen LogP contribution in [0.3, 0.4) is 0 Å². The fourth-order valence-corrected chi connectivity index (χ4v) is 5.52. The van der Waals surface area contributed by atoms with Crippen molar-refractivity contribution in [2.45, 2.75) is 65.6 Å².